The zero-order valence-corrected chi connectivity index (χ0v) is 13.3. The van der Waals surface area contributed by atoms with E-state index in [1.807, 2.05) is 0 Å². The third-order valence-electron chi connectivity index (χ3n) is 0. The van der Waals surface area contributed by atoms with Crippen LogP contribution in [-0.4, -0.2) is 57.7 Å². The summed E-state index contributed by atoms with van der Waals surface area (Å²) in [6.45, 7) is 0. The molecule has 0 atom stereocenters. The minimum Gasteiger partial charge on any atom is -0.748 e. The van der Waals surface area contributed by atoms with Crippen molar-refractivity contribution in [1.29, 1.82) is 0 Å². The van der Waals surface area contributed by atoms with E-state index >= 15 is 0 Å². The van der Waals surface area contributed by atoms with Crippen LogP contribution in [0.2, 0.25) is 0 Å². The van der Waals surface area contributed by atoms with E-state index in [1.54, 1.807) is 0 Å². The van der Waals surface area contributed by atoms with Crippen molar-refractivity contribution in [3.8, 4) is 0 Å². The van der Waals surface area contributed by atoms with E-state index in [-0.39, 0.29) is 56.6 Å². The summed E-state index contributed by atoms with van der Waals surface area (Å²) in [5.74, 6) is 0. The van der Waals surface area contributed by atoms with Crippen molar-refractivity contribution in [2.75, 3.05) is 18.8 Å². The van der Waals surface area contributed by atoms with E-state index in [2.05, 4.69) is 0 Å². The Morgan fingerprint density at radius 3 is 0.500 bits per heavy atom. The van der Waals surface area contributed by atoms with Gasteiger partial charge >= 0.3 is 56.6 Å². The maximum absolute atomic E-state index is 9.08. The molecule has 0 saturated carbocycles. The van der Waals surface area contributed by atoms with E-state index in [1.165, 1.54) is 0 Å². The number of hydrogen-bond acceptors (Lipinski definition) is 9. The van der Waals surface area contributed by atoms with Gasteiger partial charge in [0.2, 0.25) is 0 Å². The summed E-state index contributed by atoms with van der Waals surface area (Å²) in [4.78, 5) is 0. The monoisotopic (exact) mass is 306 g/mol. The summed E-state index contributed by atoms with van der Waals surface area (Å²) in [6, 6.07) is 0. The number of hydrogen-bond donors (Lipinski definition) is 0. The molecule has 0 radical (unpaired) electrons. The SMILES string of the molecule is CS(=O)(=O)[O-].CS(=O)(=O)[O-].CS(=O)(=O)[O-].[Li+].[Li+].[Li+]. The molecular formula is C3H9Li3O9S3. The quantitative estimate of drug-likeness (QED) is 0.311. The average Bonchev–Trinajstić information content (AvgIpc) is 1.41. The van der Waals surface area contributed by atoms with Gasteiger partial charge in [-0.25, -0.2) is 25.3 Å². The topological polar surface area (TPSA) is 172 Å². The van der Waals surface area contributed by atoms with Crippen LogP contribution in [0.5, 0.6) is 0 Å². The fourth-order valence-corrected chi connectivity index (χ4v) is 0. The van der Waals surface area contributed by atoms with E-state index in [4.69, 9.17) is 38.9 Å². The second kappa shape index (κ2) is 14.9. The zero-order valence-electron chi connectivity index (χ0n) is 10.9. The van der Waals surface area contributed by atoms with Crippen LogP contribution in [-0.2, 0) is 30.4 Å². The van der Waals surface area contributed by atoms with Gasteiger partial charge in [0.25, 0.3) is 0 Å². The van der Waals surface area contributed by atoms with E-state index in [9.17, 15) is 0 Å². The Kier molecular flexibility index (Phi) is 30.4. The molecular weight excluding hydrogens is 297 g/mol. The molecule has 0 N–H and O–H groups in total. The van der Waals surface area contributed by atoms with Gasteiger partial charge in [0, 0.05) is 18.8 Å². The fraction of sp³-hybridized carbons (Fsp3) is 1.00. The summed E-state index contributed by atoms with van der Waals surface area (Å²) >= 11 is 0. The normalized spacial score (nSPS) is 9.67. The molecule has 9 nitrogen and oxygen atoms in total. The van der Waals surface area contributed by atoms with Crippen LogP contribution in [0.3, 0.4) is 0 Å². The van der Waals surface area contributed by atoms with Crippen molar-refractivity contribution in [3.63, 3.8) is 0 Å². The summed E-state index contributed by atoms with van der Waals surface area (Å²) in [5, 5.41) is 0. The molecule has 0 aliphatic heterocycles. The molecule has 0 unspecified atom stereocenters. The molecule has 0 aromatic heterocycles. The first-order valence-corrected chi connectivity index (χ1v) is 8.17. The van der Waals surface area contributed by atoms with Crippen LogP contribution in [0, 0.1) is 0 Å². The molecule has 15 heteroatoms. The molecule has 0 aliphatic rings. The van der Waals surface area contributed by atoms with Crippen molar-refractivity contribution >= 4 is 30.4 Å². The molecule has 0 aliphatic carbocycles. The maximum Gasteiger partial charge on any atom is 1.00 e. The minimum absolute atomic E-state index is 0. The van der Waals surface area contributed by atoms with Crippen molar-refractivity contribution in [2.24, 2.45) is 0 Å². The number of rotatable bonds is 0. The maximum atomic E-state index is 9.08. The Morgan fingerprint density at radius 2 is 0.500 bits per heavy atom. The first-order chi connectivity index (χ1) is 6.00. The average molecular weight is 306 g/mol. The van der Waals surface area contributed by atoms with Gasteiger partial charge in [-0.05, 0) is 0 Å². The summed E-state index contributed by atoms with van der Waals surface area (Å²) < 4.78 is 81.7. The third-order valence-corrected chi connectivity index (χ3v) is 0. The largest absolute Gasteiger partial charge is 1.00 e. The standard InChI is InChI=1S/3CH4O3S.3Li/c3*1-5(2,3)4;;;/h3*1H3,(H,2,3,4);;;/q;;;3*+1/p-3. The molecule has 0 aromatic carbocycles. The van der Waals surface area contributed by atoms with Crippen LogP contribution < -0.4 is 56.6 Å². The van der Waals surface area contributed by atoms with Gasteiger partial charge in [0.15, 0.2) is 0 Å². The Labute approximate surface area is 143 Å². The molecule has 0 rings (SSSR count). The van der Waals surface area contributed by atoms with Gasteiger partial charge in [-0.15, -0.1) is 0 Å². The van der Waals surface area contributed by atoms with Crippen LogP contribution in [0.1, 0.15) is 0 Å². The molecule has 0 aromatic rings. The van der Waals surface area contributed by atoms with Crippen molar-refractivity contribution in [2.45, 2.75) is 0 Å². The van der Waals surface area contributed by atoms with Crippen LogP contribution in [0.25, 0.3) is 0 Å². The predicted octanol–water partition coefficient (Wildman–Crippen LogP) is -11.5. The molecule has 18 heavy (non-hydrogen) atoms. The van der Waals surface area contributed by atoms with Gasteiger partial charge in [-0.1, -0.05) is 0 Å². The van der Waals surface area contributed by atoms with E-state index in [0.29, 0.717) is 18.8 Å². The molecule has 96 valence electrons. The second-order valence-electron chi connectivity index (χ2n) is 2.11. The molecule has 0 saturated heterocycles. The first kappa shape index (κ1) is 36.6. The van der Waals surface area contributed by atoms with Gasteiger partial charge in [0.05, 0.1) is 30.4 Å². The molecule has 0 fully saturated rings. The van der Waals surface area contributed by atoms with Crippen LogP contribution in [0.4, 0.5) is 0 Å². The van der Waals surface area contributed by atoms with E-state index < -0.39 is 30.4 Å². The Morgan fingerprint density at radius 1 is 0.500 bits per heavy atom. The predicted molar refractivity (Wildman–Crippen MR) is 46.9 cm³/mol. The van der Waals surface area contributed by atoms with Gasteiger partial charge in [0.1, 0.15) is 0 Å². The zero-order chi connectivity index (χ0) is 13.5. The Balaban J connectivity index is -0.0000000277. The van der Waals surface area contributed by atoms with Gasteiger partial charge in [-0.2, -0.15) is 0 Å². The summed E-state index contributed by atoms with van der Waals surface area (Å²) in [6.07, 6.45) is 1.81. The van der Waals surface area contributed by atoms with E-state index in [0.717, 1.165) is 0 Å². The molecule has 0 spiro atoms. The Hall–Kier alpha value is 1.52. The van der Waals surface area contributed by atoms with Crippen LogP contribution in [0.15, 0.2) is 0 Å². The minimum atomic E-state index is -3.92. The van der Waals surface area contributed by atoms with Crippen LogP contribution >= 0.6 is 0 Å². The Bertz CT molecular complexity index is 353. The summed E-state index contributed by atoms with van der Waals surface area (Å²) in [7, 11) is -11.8. The third kappa shape index (κ3) is 2060. The summed E-state index contributed by atoms with van der Waals surface area (Å²) in [5.41, 5.74) is 0. The van der Waals surface area contributed by atoms with Crippen molar-refractivity contribution in [1.82, 2.24) is 0 Å². The molecule has 0 amide bonds. The van der Waals surface area contributed by atoms with Crippen molar-refractivity contribution < 1.29 is 95.5 Å². The first-order valence-electron chi connectivity index (χ1n) is 2.72. The van der Waals surface area contributed by atoms with Gasteiger partial charge in [-0.3, -0.25) is 0 Å². The smallest absolute Gasteiger partial charge is 0.748 e. The molecule has 0 heterocycles. The van der Waals surface area contributed by atoms with Crippen molar-refractivity contribution in [3.05, 3.63) is 0 Å². The second-order valence-corrected chi connectivity index (χ2v) is 6.34. The van der Waals surface area contributed by atoms with Gasteiger partial charge < -0.3 is 13.7 Å². The molecule has 0 bridgehead atoms. The fourth-order valence-electron chi connectivity index (χ4n) is 0.